The number of pyridine rings is 1. The number of aromatic nitrogens is 1. The Hall–Kier alpha value is -3.21. The number of hydrogen-bond acceptors (Lipinski definition) is 6. The van der Waals surface area contributed by atoms with E-state index < -0.39 is 16.5 Å². The Kier molecular flexibility index (Phi) is 4.40. The van der Waals surface area contributed by atoms with Crippen molar-refractivity contribution in [2.45, 2.75) is 51.6 Å². The summed E-state index contributed by atoms with van der Waals surface area (Å²) in [5.74, 6) is -0.480. The van der Waals surface area contributed by atoms with Crippen LogP contribution in [0.3, 0.4) is 0 Å². The number of amides is 1. The molecule has 1 N–H and O–H groups in total. The molecule has 31 heavy (non-hydrogen) atoms. The zero-order valence-corrected chi connectivity index (χ0v) is 17.9. The number of carbonyl (C=O) groups excluding carboxylic acids is 1. The van der Waals surface area contributed by atoms with Gasteiger partial charge in [-0.1, -0.05) is 6.07 Å². The number of carbonyl (C=O) groups is 1. The molecule has 1 amide bonds. The molecule has 3 heterocycles. The highest BCUT2D eigenvalue weighted by Gasteiger charge is 2.48. The number of aryl methyl sites for hydroxylation is 1. The number of nitrogens with zero attached hydrogens (tertiary/aromatic N) is 3. The van der Waals surface area contributed by atoms with Gasteiger partial charge in [0, 0.05) is 23.5 Å². The Morgan fingerprint density at radius 1 is 1.29 bits per heavy atom. The molecule has 7 heteroatoms. The van der Waals surface area contributed by atoms with Gasteiger partial charge in [0.2, 0.25) is 5.88 Å². The molecule has 1 saturated carbocycles. The van der Waals surface area contributed by atoms with Gasteiger partial charge in [-0.3, -0.25) is 4.65 Å². The molecule has 158 valence electrons. The molecule has 1 aromatic heterocycles. The Labute approximate surface area is 181 Å². The zero-order chi connectivity index (χ0) is 21.9. The van der Waals surface area contributed by atoms with Crippen molar-refractivity contribution < 1.29 is 9.53 Å². The van der Waals surface area contributed by atoms with Gasteiger partial charge in [-0.05, 0) is 51.2 Å². The summed E-state index contributed by atoms with van der Waals surface area (Å²) in [7, 11) is 1.33. The van der Waals surface area contributed by atoms with Gasteiger partial charge in [0.15, 0.2) is 0 Å². The summed E-state index contributed by atoms with van der Waals surface area (Å²) in [6.07, 6.45) is 6.13. The smallest absolute Gasteiger partial charge is 0.349 e. The first-order valence-corrected chi connectivity index (χ1v) is 10.6. The van der Waals surface area contributed by atoms with E-state index in [9.17, 15) is 15.3 Å². The van der Waals surface area contributed by atoms with Gasteiger partial charge < -0.3 is 15.3 Å². The van der Waals surface area contributed by atoms with E-state index in [0.29, 0.717) is 28.4 Å². The normalized spacial score (nSPS) is 24.7. The molecule has 2 aliphatic heterocycles. The fraction of sp³-hybridized carbons (Fsp3) is 0.375. The molecule has 5 rings (SSSR count). The van der Waals surface area contributed by atoms with Crippen LogP contribution in [-0.4, -0.2) is 24.0 Å². The summed E-state index contributed by atoms with van der Waals surface area (Å²) in [6.45, 7) is 3.80. The van der Waals surface area contributed by atoms with Crippen LogP contribution in [0.1, 0.15) is 60.8 Å². The number of ether oxygens (including phenoxy) is 1. The standard InChI is InChI=1S/C24H24N4O3/c1-13-12-26-23(31-16-6-4-5-7-16)21-20-17-9-8-15(11-25)10-18(17)28(3,30)24(29)19(20)14(2)27-22(13)21/h8-10,12,16,20,27H,4-7H2,1-3H3/t20-,28?/m0/s1. The summed E-state index contributed by atoms with van der Waals surface area (Å²) in [5, 5.41) is 26.2. The predicted molar refractivity (Wildman–Crippen MR) is 117 cm³/mol. The van der Waals surface area contributed by atoms with Gasteiger partial charge in [0.05, 0.1) is 41.4 Å². The first kappa shape index (κ1) is 19.7. The predicted octanol–water partition coefficient (Wildman–Crippen LogP) is 4.39. The van der Waals surface area contributed by atoms with Gasteiger partial charge >= 0.3 is 5.91 Å². The molecule has 2 aromatic rings. The average Bonchev–Trinajstić information content (AvgIpc) is 3.26. The highest BCUT2D eigenvalue weighted by atomic mass is 16.6. The lowest BCUT2D eigenvalue weighted by molar-refractivity contribution is -0.123. The van der Waals surface area contributed by atoms with Gasteiger partial charge in [0.1, 0.15) is 11.8 Å². The summed E-state index contributed by atoms with van der Waals surface area (Å²) in [5.41, 5.74) is 5.09. The number of likely N-dealkylation sites (N-methyl/N-ethyl adjacent to an activating group) is 1. The van der Waals surface area contributed by atoms with Crippen LogP contribution in [-0.2, 0) is 4.79 Å². The molecule has 3 aliphatic rings. The van der Waals surface area contributed by atoms with E-state index in [1.165, 1.54) is 13.1 Å². The van der Waals surface area contributed by atoms with Crippen LogP contribution in [0, 0.1) is 23.5 Å². The molecule has 1 fully saturated rings. The third-order valence-corrected chi connectivity index (χ3v) is 6.69. The largest absolute Gasteiger partial charge is 0.620 e. The fourth-order valence-electron chi connectivity index (χ4n) is 5.08. The number of rotatable bonds is 2. The Morgan fingerprint density at radius 3 is 2.74 bits per heavy atom. The molecule has 1 unspecified atom stereocenters. The summed E-state index contributed by atoms with van der Waals surface area (Å²) in [6, 6.07) is 7.11. The third-order valence-electron chi connectivity index (χ3n) is 6.69. The number of quaternary nitrogens is 1. The lowest BCUT2D eigenvalue weighted by atomic mass is 9.76. The van der Waals surface area contributed by atoms with Crippen molar-refractivity contribution in [2.75, 3.05) is 12.4 Å². The molecular weight excluding hydrogens is 392 g/mol. The first-order valence-electron chi connectivity index (χ1n) is 10.6. The van der Waals surface area contributed by atoms with Crippen LogP contribution in [0.15, 0.2) is 35.7 Å². The molecular formula is C24H24N4O3. The number of hydrogen-bond donors (Lipinski definition) is 1. The lowest BCUT2D eigenvalue weighted by Crippen LogP contribution is -2.51. The number of hydroxylamine groups is 2. The Morgan fingerprint density at radius 2 is 2.03 bits per heavy atom. The molecule has 0 bridgehead atoms. The van der Waals surface area contributed by atoms with Crippen LogP contribution >= 0.6 is 0 Å². The average molecular weight is 416 g/mol. The molecule has 0 spiro atoms. The van der Waals surface area contributed by atoms with Crippen molar-refractivity contribution in [2.24, 2.45) is 0 Å². The Bertz CT molecular complexity index is 1190. The maximum Gasteiger partial charge on any atom is 0.349 e. The maximum atomic E-state index is 13.5. The van der Waals surface area contributed by atoms with Crippen molar-refractivity contribution in [3.63, 3.8) is 0 Å². The lowest BCUT2D eigenvalue weighted by Gasteiger charge is -2.45. The number of allylic oxidation sites excluding steroid dienone is 1. The monoisotopic (exact) mass is 416 g/mol. The Balaban J connectivity index is 1.77. The van der Waals surface area contributed by atoms with Crippen LogP contribution < -0.4 is 14.7 Å². The number of fused-ring (bicyclic) bond motifs is 5. The van der Waals surface area contributed by atoms with E-state index in [1.54, 1.807) is 18.3 Å². The number of anilines is 1. The van der Waals surface area contributed by atoms with Crippen LogP contribution in [0.5, 0.6) is 5.88 Å². The molecule has 7 nitrogen and oxygen atoms in total. The van der Waals surface area contributed by atoms with Crippen molar-refractivity contribution in [1.82, 2.24) is 9.63 Å². The first-order chi connectivity index (χ1) is 14.8. The van der Waals surface area contributed by atoms with Crippen LogP contribution in [0.2, 0.25) is 0 Å². The third kappa shape index (κ3) is 2.87. The van der Waals surface area contributed by atoms with Gasteiger partial charge in [0.25, 0.3) is 0 Å². The second-order valence-corrected chi connectivity index (χ2v) is 8.77. The van der Waals surface area contributed by atoms with E-state index in [2.05, 4.69) is 16.4 Å². The van der Waals surface area contributed by atoms with E-state index in [4.69, 9.17) is 4.74 Å². The number of nitriles is 1. The fourth-order valence-corrected chi connectivity index (χ4v) is 5.08. The van der Waals surface area contributed by atoms with Crippen LogP contribution in [0.25, 0.3) is 0 Å². The van der Waals surface area contributed by atoms with E-state index >= 15 is 0 Å². The quantitative estimate of drug-likeness (QED) is 0.576. The van der Waals surface area contributed by atoms with Crippen molar-refractivity contribution in [3.8, 4) is 11.9 Å². The zero-order valence-electron chi connectivity index (χ0n) is 17.9. The highest BCUT2D eigenvalue weighted by molar-refractivity contribution is 6.09. The second kappa shape index (κ2) is 6.91. The SMILES string of the molecule is CC1=C2C(=O)[N+](C)([O-])c3cc(C#N)ccc3[C@@H]2c2c(OC3CCCC3)ncc(C)c2N1. The van der Waals surface area contributed by atoms with Crippen molar-refractivity contribution in [1.29, 1.82) is 5.26 Å². The minimum absolute atomic E-state index is 0.107. The molecule has 1 aromatic carbocycles. The number of nitrogens with one attached hydrogen (secondary N) is 1. The van der Waals surface area contributed by atoms with Gasteiger partial charge in [-0.2, -0.15) is 5.26 Å². The summed E-state index contributed by atoms with van der Waals surface area (Å²) < 4.78 is 5.16. The van der Waals surface area contributed by atoms with Crippen LogP contribution in [0.4, 0.5) is 11.4 Å². The summed E-state index contributed by atoms with van der Waals surface area (Å²) >= 11 is 0. The topological polar surface area (TPSA) is 98.1 Å². The van der Waals surface area contributed by atoms with Crippen molar-refractivity contribution >= 4 is 17.3 Å². The minimum atomic E-state index is -1.18. The molecule has 0 saturated heterocycles. The van der Waals surface area contributed by atoms with Gasteiger partial charge in [-0.25, -0.2) is 9.78 Å². The second-order valence-electron chi connectivity index (χ2n) is 8.77. The molecule has 2 atom stereocenters. The molecule has 1 aliphatic carbocycles. The van der Waals surface area contributed by atoms with Crippen molar-refractivity contribution in [3.05, 3.63) is 63.1 Å². The van der Waals surface area contributed by atoms with E-state index in [1.807, 2.05) is 13.8 Å². The van der Waals surface area contributed by atoms with E-state index in [-0.39, 0.29) is 6.10 Å². The maximum absolute atomic E-state index is 13.5. The minimum Gasteiger partial charge on any atom is -0.620 e. The highest BCUT2D eigenvalue weighted by Crippen LogP contribution is 2.53. The van der Waals surface area contributed by atoms with E-state index in [0.717, 1.165) is 48.1 Å². The summed E-state index contributed by atoms with van der Waals surface area (Å²) in [4.78, 5) is 18.0. The van der Waals surface area contributed by atoms with Gasteiger partial charge in [-0.15, -0.1) is 0 Å². The molecule has 0 radical (unpaired) electrons. The number of benzene rings is 1.